The zero-order valence-electron chi connectivity index (χ0n) is 21.4. The number of nitro groups is 1. The van der Waals surface area contributed by atoms with Crippen LogP contribution in [0.2, 0.25) is 0 Å². The lowest BCUT2D eigenvalue weighted by molar-refractivity contribution is -0.384. The molecule has 0 saturated carbocycles. The van der Waals surface area contributed by atoms with Gasteiger partial charge in [0.25, 0.3) is 11.6 Å². The summed E-state index contributed by atoms with van der Waals surface area (Å²) in [5, 5.41) is 22.8. The number of carbonyl (C=O) groups is 3. The molecule has 1 saturated heterocycles. The molecule has 0 radical (unpaired) electrons. The van der Waals surface area contributed by atoms with Gasteiger partial charge in [-0.1, -0.05) is 35.2 Å². The van der Waals surface area contributed by atoms with Crippen LogP contribution in [-0.2, 0) is 14.4 Å². The van der Waals surface area contributed by atoms with Crippen LogP contribution in [0.3, 0.4) is 0 Å². The largest absolute Gasteiger partial charge is 0.508 e. The number of imide groups is 1. The third-order valence-electron chi connectivity index (χ3n) is 6.88. The van der Waals surface area contributed by atoms with Gasteiger partial charge >= 0.3 is 4.87 Å². The van der Waals surface area contributed by atoms with Crippen LogP contribution in [-0.4, -0.2) is 44.6 Å². The maximum Gasteiger partial charge on any atom is 0.305 e. The predicted molar refractivity (Wildman–Crippen MR) is 154 cm³/mol. The molecule has 42 heavy (non-hydrogen) atoms. The normalized spacial score (nSPS) is 19.2. The van der Waals surface area contributed by atoms with Crippen LogP contribution in [0.5, 0.6) is 11.5 Å². The van der Waals surface area contributed by atoms with Gasteiger partial charge in [-0.15, -0.1) is 0 Å². The van der Waals surface area contributed by atoms with E-state index in [9.17, 15) is 34.4 Å². The maximum atomic E-state index is 13.8. The number of amides is 3. The fraction of sp³-hybridized carbons (Fsp3) is 0.143. The van der Waals surface area contributed by atoms with Crippen molar-refractivity contribution in [2.45, 2.75) is 16.2 Å². The van der Waals surface area contributed by atoms with Crippen molar-refractivity contribution in [2.75, 3.05) is 16.8 Å². The second-order valence-electron chi connectivity index (χ2n) is 9.49. The molecular formula is C28H20N4O8S2. The summed E-state index contributed by atoms with van der Waals surface area (Å²) >= 11 is 2.08. The zero-order valence-corrected chi connectivity index (χ0v) is 23.0. The number of H-pyrrole nitrogens is 1. The number of benzene rings is 3. The summed E-state index contributed by atoms with van der Waals surface area (Å²) < 4.78 is 5.72. The van der Waals surface area contributed by atoms with Crippen molar-refractivity contribution in [2.24, 2.45) is 5.92 Å². The van der Waals surface area contributed by atoms with Gasteiger partial charge in [-0.2, -0.15) is 0 Å². The van der Waals surface area contributed by atoms with Crippen LogP contribution < -0.4 is 19.8 Å². The number of nitrogens with one attached hydrogen (secondary N) is 2. The van der Waals surface area contributed by atoms with Gasteiger partial charge in [0.1, 0.15) is 16.7 Å². The molecule has 1 aromatic heterocycles. The zero-order chi connectivity index (χ0) is 29.5. The van der Waals surface area contributed by atoms with E-state index in [1.165, 1.54) is 36.4 Å². The van der Waals surface area contributed by atoms with Crippen LogP contribution in [0.15, 0.2) is 82.6 Å². The summed E-state index contributed by atoms with van der Waals surface area (Å²) in [5.74, 6) is -2.50. The number of aromatic nitrogens is 1. The predicted octanol–water partition coefficient (Wildman–Crippen LogP) is 3.86. The molecular weight excluding hydrogens is 584 g/mol. The van der Waals surface area contributed by atoms with Crippen molar-refractivity contribution in [3.63, 3.8) is 0 Å². The van der Waals surface area contributed by atoms with E-state index in [4.69, 9.17) is 4.74 Å². The van der Waals surface area contributed by atoms with Gasteiger partial charge in [0, 0.05) is 28.6 Å². The van der Waals surface area contributed by atoms with Crippen molar-refractivity contribution < 1.29 is 29.2 Å². The SMILES string of the molecule is O=C(COc1cccc(C2c3sc(=O)[nH]c3SC3C(=O)N(c4ccc([N+](=O)[O-])cc4)C(=O)C32)c1)Nc1ccc(O)cc1. The van der Waals surface area contributed by atoms with Crippen molar-refractivity contribution in [1.82, 2.24) is 4.98 Å². The molecule has 4 aromatic rings. The molecule has 3 aromatic carbocycles. The highest BCUT2D eigenvalue weighted by atomic mass is 32.2. The second kappa shape index (κ2) is 10.8. The van der Waals surface area contributed by atoms with Crippen molar-refractivity contribution >= 4 is 57.9 Å². The van der Waals surface area contributed by atoms with Gasteiger partial charge in [-0.25, -0.2) is 4.90 Å². The fourth-order valence-electron chi connectivity index (χ4n) is 5.04. The van der Waals surface area contributed by atoms with E-state index in [2.05, 4.69) is 10.3 Å². The van der Waals surface area contributed by atoms with Crippen LogP contribution in [0.1, 0.15) is 16.4 Å². The van der Waals surface area contributed by atoms with Crippen LogP contribution in [0.4, 0.5) is 17.1 Å². The summed E-state index contributed by atoms with van der Waals surface area (Å²) in [6.07, 6.45) is 0. The van der Waals surface area contributed by atoms with Gasteiger partial charge in [0.05, 0.1) is 21.6 Å². The molecule has 3 unspecified atom stereocenters. The van der Waals surface area contributed by atoms with Gasteiger partial charge in [-0.3, -0.25) is 29.3 Å². The molecule has 3 N–H and O–H groups in total. The number of carbonyl (C=O) groups excluding carboxylic acids is 3. The molecule has 0 spiro atoms. The average molecular weight is 605 g/mol. The number of phenolic OH excluding ortho intramolecular Hbond substituents is 1. The minimum atomic E-state index is -0.857. The van der Waals surface area contributed by atoms with Crippen LogP contribution in [0.25, 0.3) is 0 Å². The Morgan fingerprint density at radius 3 is 2.50 bits per heavy atom. The molecule has 2 aliphatic rings. The third kappa shape index (κ3) is 5.01. The highest BCUT2D eigenvalue weighted by molar-refractivity contribution is 8.00. The molecule has 0 bridgehead atoms. The number of thioether (sulfide) groups is 1. The molecule has 0 aliphatic carbocycles. The van der Waals surface area contributed by atoms with Gasteiger partial charge in [-0.05, 0) is 54.1 Å². The Hall–Kier alpha value is -4.95. The van der Waals surface area contributed by atoms with Gasteiger partial charge < -0.3 is 20.1 Å². The highest BCUT2D eigenvalue weighted by Gasteiger charge is 2.56. The molecule has 3 heterocycles. The number of aromatic amines is 1. The van der Waals surface area contributed by atoms with E-state index in [1.807, 2.05) is 0 Å². The number of nitro benzene ring substituents is 1. The summed E-state index contributed by atoms with van der Waals surface area (Å²) in [7, 11) is 0. The molecule has 2 aliphatic heterocycles. The number of aromatic hydroxyl groups is 1. The average Bonchev–Trinajstić information content (AvgIpc) is 3.47. The number of rotatable bonds is 7. The van der Waals surface area contributed by atoms with Crippen LogP contribution >= 0.6 is 23.1 Å². The van der Waals surface area contributed by atoms with E-state index < -0.39 is 39.7 Å². The minimum Gasteiger partial charge on any atom is -0.508 e. The first kappa shape index (κ1) is 27.2. The fourth-order valence-corrected chi connectivity index (χ4v) is 7.56. The summed E-state index contributed by atoms with van der Waals surface area (Å²) in [5.41, 5.74) is 1.15. The number of fused-ring (bicyclic) bond motifs is 2. The molecule has 14 heteroatoms. The Bertz CT molecular complexity index is 1780. The number of anilines is 2. The van der Waals surface area contributed by atoms with Crippen molar-refractivity contribution in [3.05, 3.63) is 103 Å². The minimum absolute atomic E-state index is 0.0679. The summed E-state index contributed by atoms with van der Waals surface area (Å²) in [6.45, 7) is -0.315. The van der Waals surface area contributed by atoms with E-state index in [-0.39, 0.29) is 28.6 Å². The number of hydrogen-bond acceptors (Lipinski definition) is 10. The Morgan fingerprint density at radius 1 is 1.05 bits per heavy atom. The highest BCUT2D eigenvalue weighted by Crippen LogP contribution is 2.53. The molecule has 3 atom stereocenters. The maximum absolute atomic E-state index is 13.8. The first-order valence-electron chi connectivity index (χ1n) is 12.5. The van der Waals surface area contributed by atoms with E-state index in [0.717, 1.165) is 28.0 Å². The Morgan fingerprint density at radius 2 is 1.79 bits per heavy atom. The molecule has 3 amide bonds. The number of non-ortho nitro benzene ring substituents is 1. The first-order valence-corrected chi connectivity index (χ1v) is 14.2. The molecule has 6 rings (SSSR count). The summed E-state index contributed by atoms with van der Waals surface area (Å²) in [6, 6.07) is 17.9. The van der Waals surface area contributed by atoms with Gasteiger partial charge in [0.2, 0.25) is 11.8 Å². The number of hydrogen-bond donors (Lipinski definition) is 3. The quantitative estimate of drug-likeness (QED) is 0.123. The Labute approximate surface area is 245 Å². The van der Waals surface area contributed by atoms with Crippen LogP contribution in [0, 0.1) is 16.0 Å². The standard InChI is InChI=1S/C28H20N4O8S2/c33-18-10-4-15(5-11-18)29-20(34)13-40-19-3-1-2-14(12-19)21-22-24(41-25-23(21)42-28(37)30-25)27(36)31(26(22)35)16-6-8-17(9-7-16)32(38)39/h1-12,21-22,24,33H,13H2,(H,29,34)(H,30,37). The Kier molecular flexibility index (Phi) is 7.00. The van der Waals surface area contributed by atoms with E-state index in [1.54, 1.807) is 36.4 Å². The smallest absolute Gasteiger partial charge is 0.305 e. The Balaban J connectivity index is 1.28. The third-order valence-corrected chi connectivity index (χ3v) is 9.28. The van der Waals surface area contributed by atoms with E-state index in [0.29, 0.717) is 26.9 Å². The lowest BCUT2D eigenvalue weighted by Crippen LogP contribution is -2.32. The number of phenols is 1. The monoisotopic (exact) mass is 604 g/mol. The van der Waals surface area contributed by atoms with Gasteiger partial charge in [0.15, 0.2) is 6.61 Å². The second-order valence-corrected chi connectivity index (χ2v) is 11.7. The topological polar surface area (TPSA) is 172 Å². The molecule has 212 valence electrons. The summed E-state index contributed by atoms with van der Waals surface area (Å²) in [4.78, 5) is 66.8. The van der Waals surface area contributed by atoms with E-state index >= 15 is 0 Å². The number of nitrogens with zero attached hydrogens (tertiary/aromatic N) is 2. The van der Waals surface area contributed by atoms with Crippen molar-refractivity contribution in [1.29, 1.82) is 0 Å². The molecule has 1 fully saturated rings. The first-order chi connectivity index (χ1) is 20.2. The lowest BCUT2D eigenvalue weighted by Gasteiger charge is -2.30. The number of thiazole rings is 1. The van der Waals surface area contributed by atoms with Crippen molar-refractivity contribution in [3.8, 4) is 11.5 Å². The molecule has 12 nitrogen and oxygen atoms in total. The number of ether oxygens (including phenoxy) is 1. The lowest BCUT2D eigenvalue weighted by atomic mass is 9.83.